The number of benzene rings is 3. The highest BCUT2D eigenvalue weighted by atomic mass is 16.7. The molecule has 3 rings (SSSR count). The monoisotopic (exact) mass is 560 g/mol. The van der Waals surface area contributed by atoms with Crippen molar-refractivity contribution >= 4 is 6.16 Å². The van der Waals surface area contributed by atoms with E-state index in [4.69, 9.17) is 18.9 Å². The first-order valence-corrected chi connectivity index (χ1v) is 15.3. The predicted octanol–water partition coefficient (Wildman–Crippen LogP) is 9.08. The fraction of sp³-hybridized carbons (Fsp3) is 0.472. The number of rotatable bonds is 20. The van der Waals surface area contributed by atoms with Gasteiger partial charge in [-0.1, -0.05) is 156 Å². The molecule has 0 bridgehead atoms. The van der Waals surface area contributed by atoms with Gasteiger partial charge >= 0.3 is 6.16 Å². The fourth-order valence-corrected chi connectivity index (χ4v) is 5.19. The van der Waals surface area contributed by atoms with E-state index < -0.39 is 17.9 Å². The molecule has 3 aromatic rings. The molecule has 0 heterocycles. The maximum Gasteiger partial charge on any atom is 0.508 e. The van der Waals surface area contributed by atoms with E-state index in [9.17, 15) is 4.79 Å². The summed E-state index contributed by atoms with van der Waals surface area (Å²) in [5.41, 5.74) is 2.06. The van der Waals surface area contributed by atoms with Gasteiger partial charge in [-0.25, -0.2) is 4.79 Å². The number of carbonyl (C=O) groups excluding carboxylic acids is 1. The van der Waals surface area contributed by atoms with Crippen LogP contribution in [0, 0.1) is 0 Å². The molecule has 0 aliphatic heterocycles. The van der Waals surface area contributed by atoms with Crippen molar-refractivity contribution in [3.63, 3.8) is 0 Å². The van der Waals surface area contributed by atoms with E-state index in [0.29, 0.717) is 6.61 Å². The smallest absolute Gasteiger partial charge is 0.438 e. The summed E-state index contributed by atoms with van der Waals surface area (Å²) in [6.07, 6.45) is 11.3. The number of methoxy groups -OCH3 is 1. The Hall–Kier alpha value is -3.15. The van der Waals surface area contributed by atoms with Crippen LogP contribution in [0.4, 0.5) is 4.79 Å². The van der Waals surface area contributed by atoms with Crippen LogP contribution < -0.4 is 0 Å². The van der Waals surface area contributed by atoms with Crippen LogP contribution in [0.5, 0.6) is 0 Å². The molecule has 1 atom stereocenters. The third-order valence-electron chi connectivity index (χ3n) is 7.40. The number of hydrogen-bond acceptors (Lipinski definition) is 5. The van der Waals surface area contributed by atoms with Gasteiger partial charge < -0.3 is 18.9 Å². The van der Waals surface area contributed by atoms with E-state index in [0.717, 1.165) is 29.5 Å². The predicted molar refractivity (Wildman–Crippen MR) is 165 cm³/mol. The second-order valence-corrected chi connectivity index (χ2v) is 10.5. The van der Waals surface area contributed by atoms with Gasteiger partial charge in [-0.15, -0.1) is 0 Å². The fourth-order valence-electron chi connectivity index (χ4n) is 5.19. The Bertz CT molecular complexity index is 974. The Morgan fingerprint density at radius 1 is 0.634 bits per heavy atom. The molecule has 0 aromatic heterocycles. The number of hydrogen-bond donors (Lipinski definition) is 0. The molecule has 0 aliphatic rings. The standard InChI is InChI=1S/C36H48O5/c1-3-4-5-6-7-8-9-10-11-21-28-39-29-34(41-35(37)38-2)30-40-36(31-22-15-12-16-23-31,32-24-17-13-18-25-32)33-26-19-14-20-27-33/h12-20,22-27,34H,3-11,21,28-30H2,1-2H3. The highest BCUT2D eigenvalue weighted by molar-refractivity contribution is 5.59. The van der Waals surface area contributed by atoms with Crippen LogP contribution >= 0.6 is 0 Å². The Labute approximate surface area is 247 Å². The van der Waals surface area contributed by atoms with Crippen LogP contribution in [0.1, 0.15) is 87.8 Å². The quantitative estimate of drug-likeness (QED) is 0.0784. The van der Waals surface area contributed by atoms with Crippen LogP contribution in [-0.2, 0) is 24.5 Å². The molecule has 3 aromatic carbocycles. The van der Waals surface area contributed by atoms with E-state index in [2.05, 4.69) is 43.3 Å². The third-order valence-corrected chi connectivity index (χ3v) is 7.40. The summed E-state index contributed by atoms with van der Waals surface area (Å²) in [4.78, 5) is 12.1. The largest absolute Gasteiger partial charge is 0.508 e. The highest BCUT2D eigenvalue weighted by Crippen LogP contribution is 2.40. The highest BCUT2D eigenvalue weighted by Gasteiger charge is 2.38. The lowest BCUT2D eigenvalue weighted by molar-refractivity contribution is -0.0795. The van der Waals surface area contributed by atoms with Crippen LogP contribution in [0.25, 0.3) is 0 Å². The van der Waals surface area contributed by atoms with Crippen molar-refractivity contribution in [2.75, 3.05) is 26.9 Å². The van der Waals surface area contributed by atoms with E-state index in [1.807, 2.05) is 54.6 Å². The van der Waals surface area contributed by atoms with Crippen molar-refractivity contribution in [1.29, 1.82) is 0 Å². The lowest BCUT2D eigenvalue weighted by atomic mass is 9.80. The van der Waals surface area contributed by atoms with Crippen LogP contribution in [-0.4, -0.2) is 39.2 Å². The first-order chi connectivity index (χ1) is 20.2. The lowest BCUT2D eigenvalue weighted by Gasteiger charge is -2.37. The van der Waals surface area contributed by atoms with Gasteiger partial charge in [0.2, 0.25) is 0 Å². The minimum atomic E-state index is -0.905. The molecular weight excluding hydrogens is 512 g/mol. The summed E-state index contributed by atoms with van der Waals surface area (Å²) in [7, 11) is 1.31. The van der Waals surface area contributed by atoms with E-state index in [1.165, 1.54) is 58.5 Å². The molecule has 1 unspecified atom stereocenters. The Morgan fingerprint density at radius 2 is 1.07 bits per heavy atom. The molecule has 0 N–H and O–H groups in total. The molecule has 0 aliphatic carbocycles. The maximum absolute atomic E-state index is 12.1. The van der Waals surface area contributed by atoms with Crippen LogP contribution in [0.2, 0.25) is 0 Å². The molecule has 41 heavy (non-hydrogen) atoms. The first kappa shape index (κ1) is 32.4. The molecule has 222 valence electrons. The van der Waals surface area contributed by atoms with E-state index >= 15 is 0 Å². The van der Waals surface area contributed by atoms with Crippen molar-refractivity contribution in [1.82, 2.24) is 0 Å². The van der Waals surface area contributed by atoms with Gasteiger partial charge in [0, 0.05) is 6.61 Å². The molecular formula is C36H48O5. The van der Waals surface area contributed by atoms with Gasteiger partial charge in [-0.05, 0) is 23.1 Å². The van der Waals surface area contributed by atoms with E-state index in [-0.39, 0.29) is 13.2 Å². The van der Waals surface area contributed by atoms with Crippen molar-refractivity contribution in [2.45, 2.75) is 82.8 Å². The Morgan fingerprint density at radius 3 is 1.51 bits per heavy atom. The SMILES string of the molecule is CCCCCCCCCCCCOCC(COC(c1ccccc1)(c1ccccc1)c1ccccc1)OC(=O)OC. The van der Waals surface area contributed by atoms with Gasteiger partial charge in [-0.3, -0.25) is 0 Å². The summed E-state index contributed by atoms with van der Waals surface area (Å²) in [5, 5.41) is 0. The molecule has 0 fully saturated rings. The molecule has 5 nitrogen and oxygen atoms in total. The normalized spacial score (nSPS) is 12.1. The second-order valence-electron chi connectivity index (χ2n) is 10.5. The summed E-state index contributed by atoms with van der Waals surface area (Å²) in [5.74, 6) is 0. The molecule has 0 spiro atoms. The van der Waals surface area contributed by atoms with Crippen LogP contribution in [0.15, 0.2) is 91.0 Å². The number of carbonyl (C=O) groups is 1. The summed E-state index contributed by atoms with van der Waals surface area (Å²) >= 11 is 0. The lowest BCUT2D eigenvalue weighted by Crippen LogP contribution is -2.38. The summed E-state index contributed by atoms with van der Waals surface area (Å²) in [6, 6.07) is 30.5. The zero-order valence-corrected chi connectivity index (χ0v) is 25.0. The number of ether oxygens (including phenoxy) is 4. The van der Waals surface area contributed by atoms with Crippen molar-refractivity contribution in [2.24, 2.45) is 0 Å². The topological polar surface area (TPSA) is 54.0 Å². The van der Waals surface area contributed by atoms with E-state index in [1.54, 1.807) is 0 Å². The van der Waals surface area contributed by atoms with Gasteiger partial charge in [0.25, 0.3) is 0 Å². The van der Waals surface area contributed by atoms with Crippen molar-refractivity contribution < 1.29 is 23.7 Å². The average Bonchev–Trinajstić information content (AvgIpc) is 3.03. The van der Waals surface area contributed by atoms with Crippen LogP contribution in [0.3, 0.4) is 0 Å². The van der Waals surface area contributed by atoms with Gasteiger partial charge in [0.15, 0.2) is 6.10 Å². The van der Waals surface area contributed by atoms with Gasteiger partial charge in [0.1, 0.15) is 5.60 Å². The van der Waals surface area contributed by atoms with Crippen molar-refractivity contribution in [3.8, 4) is 0 Å². The third kappa shape index (κ3) is 10.6. The summed E-state index contributed by atoms with van der Waals surface area (Å²) < 4.78 is 23.2. The Balaban J connectivity index is 1.63. The molecule has 0 saturated carbocycles. The van der Waals surface area contributed by atoms with Crippen molar-refractivity contribution in [3.05, 3.63) is 108 Å². The first-order valence-electron chi connectivity index (χ1n) is 15.3. The Kier molecular flexibility index (Phi) is 15.0. The summed E-state index contributed by atoms with van der Waals surface area (Å²) in [6.45, 7) is 3.25. The minimum absolute atomic E-state index is 0.131. The zero-order valence-electron chi connectivity index (χ0n) is 25.0. The van der Waals surface area contributed by atoms with Gasteiger partial charge in [-0.2, -0.15) is 0 Å². The molecule has 0 amide bonds. The second kappa shape index (κ2) is 19.1. The number of unbranched alkanes of at least 4 members (excludes halogenated alkanes) is 9. The molecule has 0 saturated heterocycles. The van der Waals surface area contributed by atoms with Gasteiger partial charge in [0.05, 0.1) is 20.3 Å². The molecule has 5 heteroatoms. The maximum atomic E-state index is 12.1. The zero-order chi connectivity index (χ0) is 29.0. The minimum Gasteiger partial charge on any atom is -0.438 e. The average molecular weight is 561 g/mol. The molecule has 0 radical (unpaired) electrons.